The highest BCUT2D eigenvalue weighted by Crippen LogP contribution is 2.22. The zero-order valence-corrected chi connectivity index (χ0v) is 18.5. The van der Waals surface area contributed by atoms with Crippen LogP contribution in [-0.2, 0) is 32.2 Å². The van der Waals surface area contributed by atoms with E-state index in [0.717, 1.165) is 38.3 Å². The van der Waals surface area contributed by atoms with Crippen LogP contribution in [0.2, 0.25) is 0 Å². The maximum atomic E-state index is 12.6. The van der Waals surface area contributed by atoms with E-state index in [9.17, 15) is 14.7 Å². The van der Waals surface area contributed by atoms with Crippen molar-refractivity contribution in [1.82, 2.24) is 9.80 Å². The predicted molar refractivity (Wildman–Crippen MR) is 118 cm³/mol. The minimum absolute atomic E-state index is 0.395. The molecule has 0 spiro atoms. The number of benzene rings is 2. The number of para-hydroxylation sites is 1. The Labute approximate surface area is 188 Å². The quantitative estimate of drug-likeness (QED) is 0.442. The highest BCUT2D eigenvalue weighted by molar-refractivity contribution is 5.86. The molecule has 0 aliphatic carbocycles. The average Bonchev–Trinajstić information content (AvgIpc) is 2.80. The van der Waals surface area contributed by atoms with Crippen molar-refractivity contribution in [1.29, 1.82) is 0 Å². The van der Waals surface area contributed by atoms with Gasteiger partial charge in [0.25, 0.3) is 0 Å². The van der Waals surface area contributed by atoms with Crippen LogP contribution in [0.1, 0.15) is 11.1 Å². The summed E-state index contributed by atoms with van der Waals surface area (Å²) in [5.74, 6) is -1.70. The van der Waals surface area contributed by atoms with E-state index in [-0.39, 0.29) is 0 Å². The zero-order valence-electron chi connectivity index (χ0n) is 18.5. The van der Waals surface area contributed by atoms with Crippen molar-refractivity contribution in [2.45, 2.75) is 25.3 Å². The number of esters is 1. The molecule has 1 heterocycles. The Balaban J connectivity index is 1.58. The molecule has 0 saturated carbocycles. The number of aliphatic carboxylic acids is 1. The number of carbonyl (C=O) groups excluding carboxylic acids is 1. The molecule has 0 radical (unpaired) electrons. The van der Waals surface area contributed by atoms with E-state index >= 15 is 0 Å². The number of piperazine rings is 1. The fourth-order valence-electron chi connectivity index (χ4n) is 3.79. The van der Waals surface area contributed by atoms with Gasteiger partial charge in [-0.15, -0.1) is 0 Å². The number of rotatable bonds is 10. The first kappa shape index (κ1) is 23.9. The molecule has 1 N–H and O–H groups in total. The van der Waals surface area contributed by atoms with Gasteiger partial charge < -0.3 is 19.3 Å². The lowest BCUT2D eigenvalue weighted by Crippen LogP contribution is -2.45. The molecule has 0 bridgehead atoms. The molecule has 1 aliphatic rings. The predicted octanol–water partition coefficient (Wildman–Crippen LogP) is 2.02. The SMILES string of the molecule is COC(C(=O)O)C(OC)C(=O)Oc1ccccc1CN1CCN(Cc2ccccc2)CC1. The summed E-state index contributed by atoms with van der Waals surface area (Å²) < 4.78 is 15.5. The molecule has 2 aromatic carbocycles. The Morgan fingerprint density at radius 2 is 1.41 bits per heavy atom. The van der Waals surface area contributed by atoms with Gasteiger partial charge in [0.05, 0.1) is 0 Å². The van der Waals surface area contributed by atoms with Crippen molar-refractivity contribution in [3.8, 4) is 5.75 Å². The molecule has 172 valence electrons. The molecule has 1 fully saturated rings. The molecule has 2 aromatic rings. The molecule has 0 amide bonds. The first-order valence-corrected chi connectivity index (χ1v) is 10.6. The van der Waals surface area contributed by atoms with Crippen molar-refractivity contribution in [3.63, 3.8) is 0 Å². The summed E-state index contributed by atoms with van der Waals surface area (Å²) in [4.78, 5) is 28.7. The first-order chi connectivity index (χ1) is 15.5. The number of carboxylic acid groups (broad SMARTS) is 1. The molecule has 1 aliphatic heterocycles. The number of methoxy groups -OCH3 is 2. The summed E-state index contributed by atoms with van der Waals surface area (Å²) in [6.45, 7) is 5.28. The van der Waals surface area contributed by atoms with E-state index < -0.39 is 24.1 Å². The maximum Gasteiger partial charge on any atom is 0.344 e. The second-order valence-electron chi connectivity index (χ2n) is 7.72. The Morgan fingerprint density at radius 1 is 0.844 bits per heavy atom. The maximum absolute atomic E-state index is 12.6. The topological polar surface area (TPSA) is 88.5 Å². The monoisotopic (exact) mass is 442 g/mol. The van der Waals surface area contributed by atoms with E-state index in [2.05, 4.69) is 34.1 Å². The molecular formula is C24H30N2O6. The van der Waals surface area contributed by atoms with E-state index in [1.807, 2.05) is 18.2 Å². The molecular weight excluding hydrogens is 412 g/mol. The van der Waals surface area contributed by atoms with Crippen LogP contribution in [0.3, 0.4) is 0 Å². The van der Waals surface area contributed by atoms with E-state index in [0.29, 0.717) is 12.3 Å². The smallest absolute Gasteiger partial charge is 0.344 e. The van der Waals surface area contributed by atoms with Crippen molar-refractivity contribution in [2.75, 3.05) is 40.4 Å². The van der Waals surface area contributed by atoms with Gasteiger partial charge in [0, 0.05) is 59.1 Å². The molecule has 8 nitrogen and oxygen atoms in total. The van der Waals surface area contributed by atoms with Gasteiger partial charge in [-0.3, -0.25) is 9.80 Å². The number of ether oxygens (including phenoxy) is 3. The Kier molecular flexibility index (Phi) is 8.75. The van der Waals surface area contributed by atoms with Crippen molar-refractivity contribution < 1.29 is 28.9 Å². The van der Waals surface area contributed by atoms with Crippen molar-refractivity contribution >= 4 is 11.9 Å². The first-order valence-electron chi connectivity index (χ1n) is 10.6. The number of carbonyl (C=O) groups is 2. The third kappa shape index (κ3) is 6.37. The molecule has 2 unspecified atom stereocenters. The van der Waals surface area contributed by atoms with E-state index in [1.54, 1.807) is 12.1 Å². The summed E-state index contributed by atoms with van der Waals surface area (Å²) >= 11 is 0. The highest BCUT2D eigenvalue weighted by Gasteiger charge is 2.36. The van der Waals surface area contributed by atoms with Crippen LogP contribution in [0, 0.1) is 0 Å². The molecule has 32 heavy (non-hydrogen) atoms. The number of hydrogen-bond donors (Lipinski definition) is 1. The highest BCUT2D eigenvalue weighted by atomic mass is 16.6. The number of carboxylic acids is 1. The summed E-state index contributed by atoms with van der Waals surface area (Å²) in [5, 5.41) is 9.25. The molecule has 1 saturated heterocycles. The lowest BCUT2D eigenvalue weighted by Gasteiger charge is -2.35. The summed E-state index contributed by atoms with van der Waals surface area (Å²) in [7, 11) is 2.46. The summed E-state index contributed by atoms with van der Waals surface area (Å²) in [6.07, 6.45) is -2.82. The van der Waals surface area contributed by atoms with Gasteiger partial charge >= 0.3 is 11.9 Å². The second-order valence-corrected chi connectivity index (χ2v) is 7.72. The Hall–Kier alpha value is -2.78. The van der Waals surface area contributed by atoms with Crippen molar-refractivity contribution in [2.24, 2.45) is 0 Å². The molecule has 3 rings (SSSR count). The van der Waals surface area contributed by atoms with Crippen LogP contribution in [-0.4, -0.2) is 79.5 Å². The van der Waals surface area contributed by atoms with Gasteiger partial charge in [-0.1, -0.05) is 48.5 Å². The summed E-state index contributed by atoms with van der Waals surface area (Å²) in [5.41, 5.74) is 2.16. The van der Waals surface area contributed by atoms with E-state index in [1.165, 1.54) is 19.8 Å². The Bertz CT molecular complexity index is 883. The van der Waals surface area contributed by atoms with Gasteiger partial charge in [0.1, 0.15) is 5.75 Å². The summed E-state index contributed by atoms with van der Waals surface area (Å²) in [6, 6.07) is 17.7. The lowest BCUT2D eigenvalue weighted by atomic mass is 10.1. The third-order valence-electron chi connectivity index (χ3n) is 5.55. The van der Waals surface area contributed by atoms with Crippen LogP contribution in [0.15, 0.2) is 54.6 Å². The van der Waals surface area contributed by atoms with Crippen molar-refractivity contribution in [3.05, 3.63) is 65.7 Å². The fourth-order valence-corrected chi connectivity index (χ4v) is 3.79. The lowest BCUT2D eigenvalue weighted by molar-refractivity contribution is -0.169. The van der Waals surface area contributed by atoms with Gasteiger partial charge in [0.15, 0.2) is 12.2 Å². The molecule has 0 aromatic heterocycles. The zero-order chi connectivity index (χ0) is 22.9. The van der Waals surface area contributed by atoms with Crippen LogP contribution < -0.4 is 4.74 Å². The number of hydrogen-bond acceptors (Lipinski definition) is 7. The van der Waals surface area contributed by atoms with Crippen LogP contribution >= 0.6 is 0 Å². The largest absolute Gasteiger partial charge is 0.479 e. The van der Waals surface area contributed by atoms with Crippen LogP contribution in [0.25, 0.3) is 0 Å². The minimum atomic E-state index is -1.45. The minimum Gasteiger partial charge on any atom is -0.479 e. The van der Waals surface area contributed by atoms with Crippen LogP contribution in [0.4, 0.5) is 0 Å². The normalized spacial score (nSPS) is 16.9. The van der Waals surface area contributed by atoms with E-state index in [4.69, 9.17) is 14.2 Å². The fraction of sp³-hybridized carbons (Fsp3) is 0.417. The van der Waals surface area contributed by atoms with Gasteiger partial charge in [-0.25, -0.2) is 9.59 Å². The number of nitrogens with zero attached hydrogens (tertiary/aromatic N) is 2. The van der Waals surface area contributed by atoms with Crippen LogP contribution in [0.5, 0.6) is 5.75 Å². The van der Waals surface area contributed by atoms with Gasteiger partial charge in [0.2, 0.25) is 0 Å². The molecule has 2 atom stereocenters. The second kappa shape index (κ2) is 11.7. The molecule has 8 heteroatoms. The third-order valence-corrected chi connectivity index (χ3v) is 5.55. The standard InChI is InChI=1S/C24H30N2O6/c1-30-21(23(27)28)22(31-2)24(29)32-20-11-7-6-10-19(20)17-26-14-12-25(13-15-26)16-18-8-4-3-5-9-18/h3-11,21-22H,12-17H2,1-2H3,(H,27,28). The van der Waals surface area contributed by atoms with Gasteiger partial charge in [-0.2, -0.15) is 0 Å². The van der Waals surface area contributed by atoms with Gasteiger partial charge in [-0.05, 0) is 11.6 Å². The average molecular weight is 443 g/mol. The Morgan fingerprint density at radius 3 is 2.00 bits per heavy atom.